The first kappa shape index (κ1) is 23.3. The molecule has 0 unspecified atom stereocenters. The smallest absolute Gasteiger partial charge is 0.347 e. The summed E-state index contributed by atoms with van der Waals surface area (Å²) in [5.41, 5.74) is 7.55. The SMILES string of the molecule is CCn1ncc(C)c1-c1cc(C(=O)N[C@H](CN)Cc2ccccc2C(F)(F)F)sc1Cl. The third-order valence-corrected chi connectivity index (χ3v) is 6.25. The summed E-state index contributed by atoms with van der Waals surface area (Å²) in [6.45, 7) is 4.50. The fraction of sp³-hybridized carbons (Fsp3) is 0.333. The summed E-state index contributed by atoms with van der Waals surface area (Å²) in [5, 5.41) is 7.03. The molecular weight excluding hydrogens is 449 g/mol. The van der Waals surface area contributed by atoms with E-state index in [-0.39, 0.29) is 18.5 Å². The Morgan fingerprint density at radius 3 is 2.71 bits per heavy atom. The molecule has 1 amide bonds. The molecule has 3 rings (SSSR count). The number of carbonyl (C=O) groups is 1. The van der Waals surface area contributed by atoms with Gasteiger partial charge in [-0.05, 0) is 43.5 Å². The van der Waals surface area contributed by atoms with Gasteiger partial charge in [-0.25, -0.2) is 0 Å². The highest BCUT2D eigenvalue weighted by Crippen LogP contribution is 2.37. The van der Waals surface area contributed by atoms with E-state index in [2.05, 4.69) is 10.4 Å². The monoisotopic (exact) mass is 470 g/mol. The minimum absolute atomic E-state index is 0.00832. The van der Waals surface area contributed by atoms with Crippen LogP contribution in [0.15, 0.2) is 36.5 Å². The van der Waals surface area contributed by atoms with Gasteiger partial charge in [0.2, 0.25) is 0 Å². The van der Waals surface area contributed by atoms with Gasteiger partial charge in [0.1, 0.15) is 4.34 Å². The fourth-order valence-electron chi connectivity index (χ4n) is 3.40. The van der Waals surface area contributed by atoms with Crippen molar-refractivity contribution >= 4 is 28.8 Å². The number of hydrogen-bond acceptors (Lipinski definition) is 4. The van der Waals surface area contributed by atoms with Gasteiger partial charge in [-0.2, -0.15) is 18.3 Å². The highest BCUT2D eigenvalue weighted by Gasteiger charge is 2.33. The van der Waals surface area contributed by atoms with Crippen molar-refractivity contribution in [1.82, 2.24) is 15.1 Å². The Labute approximate surface area is 187 Å². The van der Waals surface area contributed by atoms with E-state index < -0.39 is 23.7 Å². The lowest BCUT2D eigenvalue weighted by atomic mass is 9.99. The van der Waals surface area contributed by atoms with E-state index in [1.54, 1.807) is 16.9 Å². The molecule has 2 heterocycles. The molecule has 1 atom stereocenters. The van der Waals surface area contributed by atoms with Gasteiger partial charge in [0.05, 0.1) is 22.3 Å². The average Bonchev–Trinajstić information content (AvgIpc) is 3.28. The van der Waals surface area contributed by atoms with Crippen LogP contribution in [0.25, 0.3) is 11.3 Å². The highest BCUT2D eigenvalue weighted by atomic mass is 35.5. The zero-order chi connectivity index (χ0) is 22.8. The number of rotatable bonds is 7. The second-order valence-electron chi connectivity index (χ2n) is 7.06. The van der Waals surface area contributed by atoms with Gasteiger partial charge < -0.3 is 11.1 Å². The number of benzene rings is 1. The van der Waals surface area contributed by atoms with E-state index in [0.29, 0.717) is 21.3 Å². The van der Waals surface area contributed by atoms with Crippen LogP contribution in [-0.2, 0) is 19.1 Å². The Morgan fingerprint density at radius 1 is 1.35 bits per heavy atom. The molecule has 0 aliphatic carbocycles. The number of aryl methyl sites for hydroxylation is 2. The van der Waals surface area contributed by atoms with Crippen LogP contribution >= 0.6 is 22.9 Å². The van der Waals surface area contributed by atoms with E-state index >= 15 is 0 Å². The van der Waals surface area contributed by atoms with Gasteiger partial charge in [0.15, 0.2) is 0 Å². The molecule has 0 fully saturated rings. The first-order chi connectivity index (χ1) is 14.7. The molecule has 3 aromatic rings. The summed E-state index contributed by atoms with van der Waals surface area (Å²) in [6.07, 6.45) is -2.78. The van der Waals surface area contributed by atoms with Gasteiger partial charge in [-0.1, -0.05) is 29.8 Å². The quantitative estimate of drug-likeness (QED) is 0.515. The van der Waals surface area contributed by atoms with Crippen molar-refractivity contribution in [2.45, 2.75) is 39.0 Å². The number of amides is 1. The van der Waals surface area contributed by atoms with Crippen molar-refractivity contribution in [1.29, 1.82) is 0 Å². The topological polar surface area (TPSA) is 72.9 Å². The van der Waals surface area contributed by atoms with Gasteiger partial charge in [0.25, 0.3) is 5.91 Å². The number of aromatic nitrogens is 2. The van der Waals surface area contributed by atoms with Gasteiger partial charge in [0, 0.05) is 24.7 Å². The maximum Gasteiger partial charge on any atom is 0.416 e. The lowest BCUT2D eigenvalue weighted by molar-refractivity contribution is -0.138. The Morgan fingerprint density at radius 2 is 2.06 bits per heavy atom. The number of carbonyl (C=O) groups excluding carboxylic acids is 1. The first-order valence-corrected chi connectivity index (χ1v) is 10.8. The van der Waals surface area contributed by atoms with Crippen molar-refractivity contribution in [3.8, 4) is 11.3 Å². The Hall–Kier alpha value is -2.36. The van der Waals surface area contributed by atoms with Crippen LogP contribution in [-0.4, -0.2) is 28.3 Å². The van der Waals surface area contributed by atoms with Crippen molar-refractivity contribution in [3.05, 3.63) is 62.4 Å². The summed E-state index contributed by atoms with van der Waals surface area (Å²) in [6, 6.07) is 6.30. The van der Waals surface area contributed by atoms with Crippen LogP contribution < -0.4 is 11.1 Å². The second kappa shape index (κ2) is 9.42. The number of alkyl halides is 3. The average molecular weight is 471 g/mol. The predicted molar refractivity (Wildman–Crippen MR) is 116 cm³/mol. The third-order valence-electron chi connectivity index (χ3n) is 4.90. The summed E-state index contributed by atoms with van der Waals surface area (Å²) < 4.78 is 42.0. The maximum absolute atomic E-state index is 13.3. The van der Waals surface area contributed by atoms with Crippen LogP contribution in [0, 0.1) is 6.92 Å². The zero-order valence-electron chi connectivity index (χ0n) is 17.0. The standard InChI is InChI=1S/C21H22ClF3N4OS/c1-3-29-18(12(2)11-27-29)15-9-17(31-19(15)22)20(30)28-14(10-26)8-13-6-4-5-7-16(13)21(23,24)25/h4-7,9,11,14H,3,8,10,26H2,1-2H3,(H,28,30)/t14-/m0/s1. The molecule has 1 aromatic carbocycles. The van der Waals surface area contributed by atoms with Crippen LogP contribution in [0.1, 0.15) is 33.3 Å². The Kier molecular flexibility index (Phi) is 7.08. The van der Waals surface area contributed by atoms with Crippen molar-refractivity contribution < 1.29 is 18.0 Å². The van der Waals surface area contributed by atoms with Crippen molar-refractivity contribution in [2.75, 3.05) is 6.54 Å². The van der Waals surface area contributed by atoms with E-state index in [0.717, 1.165) is 28.7 Å². The number of halogens is 4. The van der Waals surface area contributed by atoms with Gasteiger partial charge in [-0.15, -0.1) is 11.3 Å². The molecule has 0 spiro atoms. The maximum atomic E-state index is 13.3. The first-order valence-electron chi connectivity index (χ1n) is 9.63. The van der Waals surface area contributed by atoms with E-state index in [9.17, 15) is 18.0 Å². The molecular formula is C21H22ClF3N4OS. The molecule has 0 bridgehead atoms. The zero-order valence-corrected chi connectivity index (χ0v) is 18.5. The van der Waals surface area contributed by atoms with Crippen molar-refractivity contribution in [3.63, 3.8) is 0 Å². The normalized spacial score (nSPS) is 12.7. The molecule has 5 nitrogen and oxygen atoms in total. The van der Waals surface area contributed by atoms with Crippen LogP contribution in [0.5, 0.6) is 0 Å². The lowest BCUT2D eigenvalue weighted by Gasteiger charge is -2.19. The Balaban J connectivity index is 1.81. The molecule has 2 aromatic heterocycles. The van der Waals surface area contributed by atoms with Crippen molar-refractivity contribution in [2.24, 2.45) is 5.73 Å². The number of thiophene rings is 1. The Bertz CT molecular complexity index is 1080. The lowest BCUT2D eigenvalue weighted by Crippen LogP contribution is -2.41. The summed E-state index contributed by atoms with van der Waals surface area (Å²) >= 11 is 7.51. The number of nitrogens with zero attached hydrogens (tertiary/aromatic N) is 2. The third kappa shape index (κ3) is 5.11. The molecule has 10 heteroatoms. The molecule has 0 radical (unpaired) electrons. The molecule has 166 valence electrons. The van der Waals surface area contributed by atoms with E-state index in [4.69, 9.17) is 17.3 Å². The van der Waals surface area contributed by atoms with Gasteiger partial charge in [-0.3, -0.25) is 9.48 Å². The molecule has 31 heavy (non-hydrogen) atoms. The van der Waals surface area contributed by atoms with Crippen LogP contribution in [0.4, 0.5) is 13.2 Å². The molecule has 3 N–H and O–H groups in total. The number of nitrogens with two attached hydrogens (primary N) is 1. The summed E-state index contributed by atoms with van der Waals surface area (Å²) in [7, 11) is 0. The van der Waals surface area contributed by atoms with E-state index in [1.165, 1.54) is 18.2 Å². The number of hydrogen-bond donors (Lipinski definition) is 2. The summed E-state index contributed by atoms with van der Waals surface area (Å²) in [5.74, 6) is -0.432. The second-order valence-corrected chi connectivity index (χ2v) is 8.71. The highest BCUT2D eigenvalue weighted by molar-refractivity contribution is 7.18. The van der Waals surface area contributed by atoms with E-state index in [1.807, 2.05) is 13.8 Å². The minimum Gasteiger partial charge on any atom is -0.347 e. The predicted octanol–water partition coefficient (Wildman–Crippen LogP) is 4.91. The molecule has 0 aliphatic rings. The van der Waals surface area contributed by atoms with Gasteiger partial charge >= 0.3 is 6.18 Å². The molecule has 0 aliphatic heterocycles. The fourth-order valence-corrected chi connectivity index (χ4v) is 4.58. The number of nitrogens with one attached hydrogen (secondary N) is 1. The molecule has 0 saturated carbocycles. The van der Waals surface area contributed by atoms with Crippen LogP contribution in [0.2, 0.25) is 4.34 Å². The van der Waals surface area contributed by atoms with Crippen LogP contribution in [0.3, 0.4) is 0 Å². The minimum atomic E-state index is -4.48. The molecule has 0 saturated heterocycles. The largest absolute Gasteiger partial charge is 0.416 e. The summed E-state index contributed by atoms with van der Waals surface area (Å²) in [4.78, 5) is 13.2.